The smallest absolute Gasteiger partial charge is 0.135 e. The molecule has 1 unspecified atom stereocenters. The topological polar surface area (TPSA) is 32.7 Å². The molecule has 4 heteroatoms. The van der Waals surface area contributed by atoms with Gasteiger partial charge in [0.25, 0.3) is 0 Å². The first kappa shape index (κ1) is 14.0. The van der Waals surface area contributed by atoms with Gasteiger partial charge in [-0.3, -0.25) is 4.90 Å². The fourth-order valence-corrected chi connectivity index (χ4v) is 2.47. The zero-order chi connectivity index (χ0) is 13.8. The second-order valence-electron chi connectivity index (χ2n) is 4.59. The van der Waals surface area contributed by atoms with E-state index in [2.05, 4.69) is 18.7 Å². The molecule has 1 aliphatic rings. The number of ether oxygens (including phenoxy) is 1. The third-order valence-electron chi connectivity index (χ3n) is 3.55. The molecule has 0 aliphatic carbocycles. The van der Waals surface area contributed by atoms with Crippen LogP contribution in [0.15, 0.2) is 24.3 Å². The Morgan fingerprint density at radius 2 is 2.11 bits per heavy atom. The molecule has 1 heterocycles. The van der Waals surface area contributed by atoms with Crippen LogP contribution in [0.5, 0.6) is 5.75 Å². The maximum atomic E-state index is 13.1. The van der Waals surface area contributed by atoms with Gasteiger partial charge in [0.1, 0.15) is 17.7 Å². The van der Waals surface area contributed by atoms with Crippen molar-refractivity contribution in [2.45, 2.75) is 26.0 Å². The summed E-state index contributed by atoms with van der Waals surface area (Å²) in [4.78, 5) is 2.16. The van der Waals surface area contributed by atoms with Crippen LogP contribution >= 0.6 is 0 Å². The molecule has 1 aromatic rings. The summed E-state index contributed by atoms with van der Waals surface area (Å²) in [5.74, 6) is 0.396. The molecule has 0 saturated heterocycles. The molecule has 104 valence electrons. The molecule has 1 aromatic carbocycles. The van der Waals surface area contributed by atoms with Crippen LogP contribution in [0.3, 0.4) is 0 Å². The lowest BCUT2D eigenvalue weighted by Crippen LogP contribution is -2.48. The quantitative estimate of drug-likeness (QED) is 0.886. The maximum absolute atomic E-state index is 13.1. The van der Waals surface area contributed by atoms with Gasteiger partial charge in [-0.05, 0) is 37.4 Å². The number of likely N-dealkylation sites (N-methyl/N-ethyl adjacent to an activating group) is 1. The zero-order valence-electron chi connectivity index (χ0n) is 11.3. The first-order chi connectivity index (χ1) is 9.19. The highest BCUT2D eigenvalue weighted by Gasteiger charge is 2.27. The second kappa shape index (κ2) is 6.17. The number of nitrogens with zero attached hydrogens (tertiary/aromatic N) is 1. The molecule has 0 spiro atoms. The molecule has 0 aromatic heterocycles. The van der Waals surface area contributed by atoms with Crippen molar-refractivity contribution >= 4 is 6.08 Å². The minimum Gasteiger partial charge on any atom is -0.484 e. The van der Waals surface area contributed by atoms with Crippen LogP contribution < -0.4 is 4.74 Å². The van der Waals surface area contributed by atoms with E-state index in [1.807, 2.05) is 12.2 Å². The first-order valence-electron chi connectivity index (χ1n) is 6.68. The van der Waals surface area contributed by atoms with Crippen LogP contribution in [0.2, 0.25) is 0 Å². The van der Waals surface area contributed by atoms with Gasteiger partial charge in [-0.15, -0.1) is 0 Å². The lowest BCUT2D eigenvalue weighted by molar-refractivity contribution is 0.0560. The van der Waals surface area contributed by atoms with Crippen LogP contribution in [0.25, 0.3) is 6.08 Å². The average Bonchev–Trinajstić information content (AvgIpc) is 2.44. The summed E-state index contributed by atoms with van der Waals surface area (Å²) in [6.07, 6.45) is 3.54. The molecule has 3 nitrogen and oxygen atoms in total. The van der Waals surface area contributed by atoms with E-state index < -0.39 is 0 Å². The highest BCUT2D eigenvalue weighted by atomic mass is 19.1. The Morgan fingerprint density at radius 3 is 2.74 bits per heavy atom. The number of hydrogen-bond donors (Lipinski definition) is 1. The predicted molar refractivity (Wildman–Crippen MR) is 73.6 cm³/mol. The van der Waals surface area contributed by atoms with Crippen molar-refractivity contribution in [3.8, 4) is 5.75 Å². The number of benzene rings is 1. The Labute approximate surface area is 113 Å². The summed E-state index contributed by atoms with van der Waals surface area (Å²) in [5.41, 5.74) is 0.743. The van der Waals surface area contributed by atoms with E-state index in [1.54, 1.807) is 6.07 Å². The van der Waals surface area contributed by atoms with E-state index in [4.69, 9.17) is 4.74 Å². The summed E-state index contributed by atoms with van der Waals surface area (Å²) in [6.45, 7) is 5.86. The Bertz CT molecular complexity index is 457. The summed E-state index contributed by atoms with van der Waals surface area (Å²) >= 11 is 0. The molecular weight excluding hydrogens is 245 g/mol. The van der Waals surface area contributed by atoms with Gasteiger partial charge >= 0.3 is 0 Å². The molecular formula is C15H20FNO2. The fraction of sp³-hybridized carbons (Fsp3) is 0.467. The lowest BCUT2D eigenvalue weighted by atomic mass is 10.0. The summed E-state index contributed by atoms with van der Waals surface area (Å²) in [5, 5.41) is 9.59. The van der Waals surface area contributed by atoms with E-state index in [0.29, 0.717) is 5.75 Å². The first-order valence-corrected chi connectivity index (χ1v) is 6.68. The van der Waals surface area contributed by atoms with Crippen molar-refractivity contribution in [1.82, 2.24) is 4.90 Å². The molecule has 0 amide bonds. The number of hydrogen-bond acceptors (Lipinski definition) is 3. The molecule has 1 aliphatic heterocycles. The third kappa shape index (κ3) is 2.96. The third-order valence-corrected chi connectivity index (χ3v) is 3.55. The van der Waals surface area contributed by atoms with Crippen molar-refractivity contribution in [1.29, 1.82) is 0 Å². The summed E-state index contributed by atoms with van der Waals surface area (Å²) in [7, 11) is 0. The van der Waals surface area contributed by atoms with Crippen molar-refractivity contribution < 1.29 is 14.2 Å². The molecule has 0 fully saturated rings. The number of rotatable bonds is 5. The highest BCUT2D eigenvalue weighted by Crippen LogP contribution is 2.28. The van der Waals surface area contributed by atoms with E-state index in [1.165, 1.54) is 12.1 Å². The van der Waals surface area contributed by atoms with E-state index in [9.17, 15) is 9.50 Å². The van der Waals surface area contributed by atoms with Gasteiger partial charge in [-0.25, -0.2) is 4.39 Å². The van der Waals surface area contributed by atoms with Crippen LogP contribution in [0.4, 0.5) is 4.39 Å². The second-order valence-corrected chi connectivity index (χ2v) is 4.59. The largest absolute Gasteiger partial charge is 0.484 e. The minimum atomic E-state index is -0.270. The number of aliphatic hydroxyl groups is 1. The van der Waals surface area contributed by atoms with E-state index in [-0.39, 0.29) is 24.6 Å². The highest BCUT2D eigenvalue weighted by molar-refractivity contribution is 5.60. The maximum Gasteiger partial charge on any atom is 0.135 e. The van der Waals surface area contributed by atoms with Crippen LogP contribution in [-0.2, 0) is 0 Å². The minimum absolute atomic E-state index is 0.0349. The Balaban J connectivity index is 2.19. The van der Waals surface area contributed by atoms with Gasteiger partial charge in [-0.2, -0.15) is 0 Å². The molecule has 0 radical (unpaired) electrons. The molecule has 2 rings (SSSR count). The molecule has 0 bridgehead atoms. The molecule has 19 heavy (non-hydrogen) atoms. The Morgan fingerprint density at radius 1 is 1.37 bits per heavy atom. The lowest BCUT2D eigenvalue weighted by Gasteiger charge is -2.35. The number of halogens is 1. The van der Waals surface area contributed by atoms with Gasteiger partial charge < -0.3 is 9.84 Å². The number of aliphatic hydroxyl groups excluding tert-OH is 1. The standard InChI is InChI=1S/C15H20FNO2/c1-3-17(4-2)13(10-18)15-7-5-11-9-12(16)6-8-14(11)19-15/h5-9,13,15,18H,3-4,10H2,1-2H3/t13-,15?/m0/s1. The normalized spacial score (nSPS) is 19.1. The number of fused-ring (bicyclic) bond motifs is 1. The van der Waals surface area contributed by atoms with Gasteiger partial charge in [0.15, 0.2) is 0 Å². The van der Waals surface area contributed by atoms with Gasteiger partial charge in [0, 0.05) is 5.56 Å². The van der Waals surface area contributed by atoms with Crippen LogP contribution in [-0.4, -0.2) is 41.8 Å². The van der Waals surface area contributed by atoms with Gasteiger partial charge in [0.2, 0.25) is 0 Å². The van der Waals surface area contributed by atoms with E-state index in [0.717, 1.165) is 18.7 Å². The molecule has 1 N–H and O–H groups in total. The van der Waals surface area contributed by atoms with Crippen LogP contribution in [0.1, 0.15) is 19.4 Å². The average molecular weight is 265 g/mol. The Hall–Kier alpha value is -1.39. The van der Waals surface area contributed by atoms with E-state index >= 15 is 0 Å². The van der Waals surface area contributed by atoms with Gasteiger partial charge in [0.05, 0.1) is 12.6 Å². The van der Waals surface area contributed by atoms with Crippen molar-refractivity contribution in [3.05, 3.63) is 35.7 Å². The molecule has 2 atom stereocenters. The zero-order valence-corrected chi connectivity index (χ0v) is 11.3. The molecule has 0 saturated carbocycles. The summed E-state index contributed by atoms with van der Waals surface area (Å²) < 4.78 is 19.0. The predicted octanol–water partition coefficient (Wildman–Crippen LogP) is 2.30. The summed E-state index contributed by atoms with van der Waals surface area (Å²) in [6, 6.07) is 4.40. The van der Waals surface area contributed by atoms with Crippen molar-refractivity contribution in [2.75, 3.05) is 19.7 Å². The van der Waals surface area contributed by atoms with Gasteiger partial charge in [-0.1, -0.05) is 19.9 Å². The van der Waals surface area contributed by atoms with Crippen molar-refractivity contribution in [2.24, 2.45) is 0 Å². The monoisotopic (exact) mass is 265 g/mol. The van der Waals surface area contributed by atoms with Crippen LogP contribution in [0, 0.1) is 5.82 Å². The SMILES string of the molecule is CCN(CC)[C@@H](CO)C1C=Cc2cc(F)ccc2O1. The van der Waals surface area contributed by atoms with Crippen molar-refractivity contribution in [3.63, 3.8) is 0 Å². The Kier molecular flexibility index (Phi) is 4.56. The fourth-order valence-electron chi connectivity index (χ4n) is 2.47.